The number of hydrogen-bond acceptors (Lipinski definition) is 9. The van der Waals surface area contributed by atoms with Crippen LogP contribution in [0.1, 0.15) is 24.6 Å². The van der Waals surface area contributed by atoms with Crippen molar-refractivity contribution in [2.45, 2.75) is 49.7 Å². The van der Waals surface area contributed by atoms with Crippen LogP contribution in [-0.2, 0) is 26.3 Å². The highest BCUT2D eigenvalue weighted by molar-refractivity contribution is 5.70. The molecule has 0 radical (unpaired) electrons. The molecule has 0 amide bonds. The van der Waals surface area contributed by atoms with Crippen LogP contribution in [0.25, 0.3) is 5.52 Å². The van der Waals surface area contributed by atoms with Gasteiger partial charge in [-0.3, -0.25) is 4.79 Å². The van der Waals surface area contributed by atoms with E-state index >= 15 is 0 Å². The molecule has 3 aromatic rings. The number of aliphatic hydroxyl groups is 2. The number of nitrogens with zero attached hydrogens (tertiary/aromatic N) is 3. The lowest BCUT2D eigenvalue weighted by Gasteiger charge is -2.27. The third-order valence-corrected chi connectivity index (χ3v) is 5.83. The Balaban J connectivity index is 1.39. The van der Waals surface area contributed by atoms with Crippen LogP contribution in [0.2, 0.25) is 0 Å². The number of nitrogen functional groups attached to an aromatic ring is 1. The largest absolute Gasteiger partial charge is 0.463 e. The van der Waals surface area contributed by atoms with Crippen LogP contribution in [0.4, 0.5) is 5.82 Å². The van der Waals surface area contributed by atoms with Gasteiger partial charge >= 0.3 is 5.97 Å². The lowest BCUT2D eigenvalue weighted by Crippen LogP contribution is -2.39. The Labute approximate surface area is 184 Å². The molecule has 10 nitrogen and oxygen atoms in total. The van der Waals surface area contributed by atoms with E-state index in [4.69, 9.17) is 20.9 Å². The zero-order valence-corrected chi connectivity index (χ0v) is 17.7. The number of carbonyl (C=O) groups excluding carboxylic acids is 1. The molecule has 170 valence electrons. The number of aromatic nitrogens is 3. The Hall–Kier alpha value is -3.05. The fourth-order valence-electron chi connectivity index (χ4n) is 4.09. The number of aliphatic hydroxyl groups excluding tert-OH is 2. The molecule has 3 heterocycles. The van der Waals surface area contributed by atoms with Crippen LogP contribution in [0.3, 0.4) is 0 Å². The van der Waals surface area contributed by atoms with E-state index in [1.54, 1.807) is 19.1 Å². The monoisotopic (exact) mass is 441 g/mol. The van der Waals surface area contributed by atoms with Crippen molar-refractivity contribution >= 4 is 17.3 Å². The highest BCUT2D eigenvalue weighted by atomic mass is 16.6. The summed E-state index contributed by atoms with van der Waals surface area (Å²) in [5.41, 5.74) is 12.7. The highest BCUT2D eigenvalue weighted by Gasteiger charge is 2.53. The van der Waals surface area contributed by atoms with Gasteiger partial charge < -0.3 is 31.2 Å². The number of fused-ring (bicyclic) bond motifs is 1. The smallest absolute Gasteiger partial charge is 0.307 e. The van der Waals surface area contributed by atoms with E-state index < -0.39 is 35.9 Å². The van der Waals surface area contributed by atoms with Gasteiger partial charge in [0.2, 0.25) is 0 Å². The van der Waals surface area contributed by atoms with Crippen molar-refractivity contribution in [2.24, 2.45) is 5.73 Å². The number of nitrogens with two attached hydrogens (primary N) is 2. The topological polar surface area (TPSA) is 158 Å². The fourth-order valence-corrected chi connectivity index (χ4v) is 4.09. The molecule has 32 heavy (non-hydrogen) atoms. The van der Waals surface area contributed by atoms with Crippen LogP contribution in [-0.4, -0.2) is 61.7 Å². The van der Waals surface area contributed by atoms with Gasteiger partial charge in [0, 0.05) is 6.04 Å². The van der Waals surface area contributed by atoms with Gasteiger partial charge in [-0.05, 0) is 31.0 Å². The van der Waals surface area contributed by atoms with Gasteiger partial charge in [-0.2, -0.15) is 5.10 Å². The number of ether oxygens (including phenoxy) is 2. The SMILES string of the molecule is C[C@@]1(c2ccc3c(N)ncnn23)O[C@H](COC(=O)C[C@@H](N)Cc2ccccc2)[C@@H](O)[C@H]1O. The van der Waals surface area contributed by atoms with E-state index in [9.17, 15) is 15.0 Å². The maximum absolute atomic E-state index is 12.3. The van der Waals surface area contributed by atoms with Gasteiger partial charge in [0.25, 0.3) is 0 Å². The van der Waals surface area contributed by atoms with Crippen LogP contribution in [0.5, 0.6) is 0 Å². The van der Waals surface area contributed by atoms with Crippen molar-refractivity contribution in [1.29, 1.82) is 0 Å². The van der Waals surface area contributed by atoms with Crippen LogP contribution < -0.4 is 11.5 Å². The van der Waals surface area contributed by atoms with Crippen LogP contribution >= 0.6 is 0 Å². The third kappa shape index (κ3) is 4.17. The molecule has 2 aromatic heterocycles. The average molecular weight is 441 g/mol. The van der Waals surface area contributed by atoms with Crippen molar-refractivity contribution in [2.75, 3.05) is 12.3 Å². The Morgan fingerprint density at radius 3 is 2.78 bits per heavy atom. The minimum atomic E-state index is -1.30. The quantitative estimate of drug-likeness (QED) is 0.374. The number of hydrogen-bond donors (Lipinski definition) is 4. The Bertz CT molecular complexity index is 1090. The van der Waals surface area contributed by atoms with E-state index in [0.29, 0.717) is 17.6 Å². The summed E-state index contributed by atoms with van der Waals surface area (Å²) in [6.07, 6.45) is -1.60. The van der Waals surface area contributed by atoms with Crippen molar-refractivity contribution in [1.82, 2.24) is 14.6 Å². The molecule has 1 aromatic carbocycles. The second-order valence-electron chi connectivity index (χ2n) is 8.20. The Morgan fingerprint density at radius 1 is 1.28 bits per heavy atom. The van der Waals surface area contributed by atoms with Crippen molar-refractivity contribution in [3.05, 3.63) is 60.0 Å². The van der Waals surface area contributed by atoms with Gasteiger partial charge in [0.1, 0.15) is 42.4 Å². The molecule has 5 atom stereocenters. The van der Waals surface area contributed by atoms with E-state index in [2.05, 4.69) is 10.1 Å². The van der Waals surface area contributed by atoms with E-state index in [-0.39, 0.29) is 18.8 Å². The molecule has 1 saturated heterocycles. The van der Waals surface area contributed by atoms with Gasteiger partial charge in [0.05, 0.1) is 12.1 Å². The van der Waals surface area contributed by atoms with Gasteiger partial charge in [-0.1, -0.05) is 30.3 Å². The normalized spacial score (nSPS) is 26.3. The summed E-state index contributed by atoms with van der Waals surface area (Å²) < 4.78 is 12.8. The predicted octanol–water partition coefficient (Wildman–Crippen LogP) is 0.151. The zero-order chi connectivity index (χ0) is 22.9. The van der Waals surface area contributed by atoms with E-state index in [1.165, 1.54) is 10.8 Å². The van der Waals surface area contributed by atoms with Crippen LogP contribution in [0.15, 0.2) is 48.8 Å². The van der Waals surface area contributed by atoms with Gasteiger partial charge in [-0.25, -0.2) is 9.50 Å². The van der Waals surface area contributed by atoms with Crippen molar-refractivity contribution in [3.8, 4) is 0 Å². The molecule has 0 spiro atoms. The standard InChI is InChI=1S/C22H27N5O5/c1-22(17-8-7-15-21(24)25-12-26-27(15)17)20(30)19(29)16(32-22)11-31-18(28)10-14(23)9-13-5-3-2-4-6-13/h2-8,12,14,16,19-20,29-30H,9-11,23H2,1H3,(H2,24,25,26)/t14-,16+,19+,20+,22-/m0/s1. The van der Waals surface area contributed by atoms with E-state index in [1.807, 2.05) is 30.3 Å². The lowest BCUT2D eigenvalue weighted by atomic mass is 9.93. The molecule has 1 aliphatic heterocycles. The second kappa shape index (κ2) is 8.83. The molecule has 6 N–H and O–H groups in total. The molecular formula is C22H27N5O5. The molecule has 0 unspecified atom stereocenters. The number of rotatable bonds is 7. The maximum atomic E-state index is 12.3. The number of carbonyl (C=O) groups is 1. The molecule has 1 aliphatic rings. The average Bonchev–Trinajstić information content (AvgIpc) is 3.30. The number of esters is 1. The fraction of sp³-hybridized carbons (Fsp3) is 0.409. The number of anilines is 1. The minimum absolute atomic E-state index is 0.0249. The Morgan fingerprint density at radius 2 is 2.03 bits per heavy atom. The summed E-state index contributed by atoms with van der Waals surface area (Å²) in [5.74, 6) is -0.221. The summed E-state index contributed by atoms with van der Waals surface area (Å²) in [6.45, 7) is 1.42. The van der Waals surface area contributed by atoms with Gasteiger partial charge in [-0.15, -0.1) is 0 Å². The Kier molecular flexibility index (Phi) is 6.11. The summed E-state index contributed by atoms with van der Waals surface area (Å²) in [5, 5.41) is 25.5. The number of benzene rings is 1. The lowest BCUT2D eigenvalue weighted by molar-refractivity contribution is -0.152. The molecule has 10 heteroatoms. The summed E-state index contributed by atoms with van der Waals surface area (Å²) in [6, 6.07) is 12.6. The van der Waals surface area contributed by atoms with Crippen molar-refractivity contribution in [3.63, 3.8) is 0 Å². The first-order chi connectivity index (χ1) is 15.3. The molecule has 0 aliphatic carbocycles. The highest BCUT2D eigenvalue weighted by Crippen LogP contribution is 2.40. The summed E-state index contributed by atoms with van der Waals surface area (Å²) in [7, 11) is 0. The molecule has 1 fully saturated rings. The minimum Gasteiger partial charge on any atom is -0.463 e. The second-order valence-corrected chi connectivity index (χ2v) is 8.20. The first kappa shape index (κ1) is 22.2. The first-order valence-electron chi connectivity index (χ1n) is 10.4. The molecule has 0 bridgehead atoms. The zero-order valence-electron chi connectivity index (χ0n) is 17.7. The molecule has 0 saturated carbocycles. The first-order valence-corrected chi connectivity index (χ1v) is 10.4. The molecule has 4 rings (SSSR count). The maximum Gasteiger partial charge on any atom is 0.307 e. The summed E-state index contributed by atoms with van der Waals surface area (Å²) >= 11 is 0. The van der Waals surface area contributed by atoms with Gasteiger partial charge in [0.15, 0.2) is 5.82 Å². The van der Waals surface area contributed by atoms with Crippen molar-refractivity contribution < 1.29 is 24.5 Å². The third-order valence-electron chi connectivity index (χ3n) is 5.83. The van der Waals surface area contributed by atoms with E-state index in [0.717, 1.165) is 5.56 Å². The van der Waals surface area contributed by atoms with Crippen LogP contribution in [0, 0.1) is 0 Å². The molecular weight excluding hydrogens is 414 g/mol. The predicted molar refractivity (Wildman–Crippen MR) is 115 cm³/mol. The summed E-state index contributed by atoms with van der Waals surface area (Å²) in [4.78, 5) is 16.2.